The minimum absolute atomic E-state index is 0.0568. The zero-order valence-electron chi connectivity index (χ0n) is 10.4. The Morgan fingerprint density at radius 1 is 1.50 bits per heavy atom. The molecule has 0 aromatic heterocycles. The number of likely N-dealkylation sites (N-methyl/N-ethyl adjacent to an activating group) is 1. The molecule has 0 aliphatic carbocycles. The molecule has 1 rings (SSSR count). The van der Waals surface area contributed by atoms with Gasteiger partial charge in [-0.1, -0.05) is 13.3 Å². The standard InChI is InChI=1S/C10H22N2O3S/c1-5-9-6-11-16(13,14)12(4)10(9)7-15-8(2)3/h8-11H,5-7H2,1-4H3. The number of nitrogens with zero attached hydrogens (tertiary/aromatic N) is 1. The smallest absolute Gasteiger partial charge is 0.279 e. The van der Waals surface area contributed by atoms with Crippen LogP contribution in [0.5, 0.6) is 0 Å². The van der Waals surface area contributed by atoms with Crippen molar-refractivity contribution in [1.29, 1.82) is 0 Å². The van der Waals surface area contributed by atoms with Crippen LogP contribution in [0.4, 0.5) is 0 Å². The van der Waals surface area contributed by atoms with Gasteiger partial charge in [0.1, 0.15) is 0 Å². The molecule has 2 unspecified atom stereocenters. The molecule has 0 radical (unpaired) electrons. The second kappa shape index (κ2) is 5.44. The van der Waals surface area contributed by atoms with Gasteiger partial charge in [0.25, 0.3) is 10.2 Å². The first-order valence-corrected chi connectivity index (χ1v) is 7.16. The Balaban J connectivity index is 2.73. The van der Waals surface area contributed by atoms with Crippen LogP contribution in [0, 0.1) is 5.92 Å². The molecular weight excluding hydrogens is 228 g/mol. The molecule has 1 aliphatic heterocycles. The summed E-state index contributed by atoms with van der Waals surface area (Å²) in [5.41, 5.74) is 0. The molecule has 0 bridgehead atoms. The maximum atomic E-state index is 11.7. The molecule has 0 saturated carbocycles. The molecule has 0 aromatic carbocycles. The van der Waals surface area contributed by atoms with E-state index < -0.39 is 10.2 Å². The molecule has 1 N–H and O–H groups in total. The Hall–Kier alpha value is -0.170. The lowest BCUT2D eigenvalue weighted by molar-refractivity contribution is 0.0281. The molecule has 1 heterocycles. The van der Waals surface area contributed by atoms with Crippen molar-refractivity contribution in [1.82, 2.24) is 9.03 Å². The van der Waals surface area contributed by atoms with Crippen LogP contribution in [-0.4, -0.2) is 45.1 Å². The number of hydrogen-bond acceptors (Lipinski definition) is 3. The fourth-order valence-corrected chi connectivity index (χ4v) is 3.09. The van der Waals surface area contributed by atoms with Gasteiger partial charge in [-0.05, 0) is 19.8 Å². The van der Waals surface area contributed by atoms with Crippen molar-refractivity contribution in [2.45, 2.75) is 39.3 Å². The van der Waals surface area contributed by atoms with Crippen molar-refractivity contribution in [3.8, 4) is 0 Å². The lowest BCUT2D eigenvalue weighted by Crippen LogP contribution is -2.57. The molecule has 2 atom stereocenters. The van der Waals surface area contributed by atoms with Crippen LogP contribution in [0.1, 0.15) is 27.2 Å². The molecule has 0 spiro atoms. The van der Waals surface area contributed by atoms with Gasteiger partial charge < -0.3 is 4.74 Å². The molecule has 6 heteroatoms. The van der Waals surface area contributed by atoms with Crippen molar-refractivity contribution in [3.05, 3.63) is 0 Å². The van der Waals surface area contributed by atoms with Crippen molar-refractivity contribution in [2.75, 3.05) is 20.2 Å². The van der Waals surface area contributed by atoms with Gasteiger partial charge in [-0.2, -0.15) is 12.7 Å². The van der Waals surface area contributed by atoms with Gasteiger partial charge in [0, 0.05) is 13.6 Å². The predicted molar refractivity (Wildman–Crippen MR) is 63.3 cm³/mol. The lowest BCUT2D eigenvalue weighted by Gasteiger charge is -2.38. The number of rotatable bonds is 4. The van der Waals surface area contributed by atoms with E-state index in [-0.39, 0.29) is 12.1 Å². The Kier molecular flexibility index (Phi) is 4.73. The van der Waals surface area contributed by atoms with Gasteiger partial charge in [0.05, 0.1) is 18.8 Å². The minimum Gasteiger partial charge on any atom is -0.377 e. The van der Waals surface area contributed by atoms with E-state index in [0.29, 0.717) is 19.1 Å². The summed E-state index contributed by atoms with van der Waals surface area (Å²) >= 11 is 0. The van der Waals surface area contributed by atoms with Crippen LogP contribution < -0.4 is 4.72 Å². The van der Waals surface area contributed by atoms with Crippen LogP contribution in [0.15, 0.2) is 0 Å². The average molecular weight is 250 g/mol. The Labute approximate surface area is 98.3 Å². The number of ether oxygens (including phenoxy) is 1. The van der Waals surface area contributed by atoms with E-state index >= 15 is 0 Å². The first-order chi connectivity index (χ1) is 7.38. The maximum absolute atomic E-state index is 11.7. The quantitative estimate of drug-likeness (QED) is 0.794. The van der Waals surface area contributed by atoms with E-state index in [9.17, 15) is 8.42 Å². The third kappa shape index (κ3) is 3.16. The second-order valence-electron chi connectivity index (χ2n) is 4.49. The third-order valence-corrected chi connectivity index (χ3v) is 4.60. The van der Waals surface area contributed by atoms with Gasteiger partial charge in [0.2, 0.25) is 0 Å². The molecule has 1 fully saturated rings. The Morgan fingerprint density at radius 2 is 2.12 bits per heavy atom. The number of nitrogens with one attached hydrogen (secondary N) is 1. The van der Waals surface area contributed by atoms with Gasteiger partial charge >= 0.3 is 0 Å². The van der Waals surface area contributed by atoms with Crippen LogP contribution >= 0.6 is 0 Å². The van der Waals surface area contributed by atoms with E-state index in [0.717, 1.165) is 6.42 Å². The van der Waals surface area contributed by atoms with Crippen LogP contribution in [0.2, 0.25) is 0 Å². The minimum atomic E-state index is -3.30. The summed E-state index contributed by atoms with van der Waals surface area (Å²) in [4.78, 5) is 0. The summed E-state index contributed by atoms with van der Waals surface area (Å²) < 4.78 is 32.8. The lowest BCUT2D eigenvalue weighted by atomic mass is 9.97. The van der Waals surface area contributed by atoms with E-state index in [1.54, 1.807) is 7.05 Å². The topological polar surface area (TPSA) is 58.6 Å². The SMILES string of the molecule is CCC1CNS(=O)(=O)N(C)C1COC(C)C. The summed E-state index contributed by atoms with van der Waals surface area (Å²) in [5, 5.41) is 0. The van der Waals surface area contributed by atoms with Crippen molar-refractivity contribution >= 4 is 10.2 Å². The molecule has 0 aromatic rings. The maximum Gasteiger partial charge on any atom is 0.279 e. The van der Waals surface area contributed by atoms with E-state index in [1.165, 1.54) is 4.31 Å². The molecule has 0 amide bonds. The van der Waals surface area contributed by atoms with E-state index in [2.05, 4.69) is 11.6 Å². The van der Waals surface area contributed by atoms with Crippen LogP contribution in [0.25, 0.3) is 0 Å². The first kappa shape index (κ1) is 13.9. The Bertz CT molecular complexity index is 316. The van der Waals surface area contributed by atoms with Crippen molar-refractivity contribution < 1.29 is 13.2 Å². The molecule has 1 aliphatic rings. The van der Waals surface area contributed by atoms with Gasteiger partial charge in [-0.15, -0.1) is 0 Å². The zero-order valence-corrected chi connectivity index (χ0v) is 11.3. The molecule has 1 saturated heterocycles. The fraction of sp³-hybridized carbons (Fsp3) is 1.00. The molecule has 5 nitrogen and oxygen atoms in total. The highest BCUT2D eigenvalue weighted by atomic mass is 32.2. The highest BCUT2D eigenvalue weighted by molar-refractivity contribution is 7.87. The van der Waals surface area contributed by atoms with Gasteiger partial charge in [-0.3, -0.25) is 0 Å². The summed E-state index contributed by atoms with van der Waals surface area (Å²) in [6.45, 7) is 6.95. The Morgan fingerprint density at radius 3 is 2.62 bits per heavy atom. The van der Waals surface area contributed by atoms with Gasteiger partial charge in [-0.25, -0.2) is 4.72 Å². The third-order valence-electron chi connectivity index (χ3n) is 3.04. The largest absolute Gasteiger partial charge is 0.377 e. The highest BCUT2D eigenvalue weighted by Crippen LogP contribution is 2.21. The monoisotopic (exact) mass is 250 g/mol. The summed E-state index contributed by atoms with van der Waals surface area (Å²) in [5.74, 6) is 0.312. The van der Waals surface area contributed by atoms with Crippen LogP contribution in [-0.2, 0) is 14.9 Å². The molecular formula is C10H22N2O3S. The summed E-state index contributed by atoms with van der Waals surface area (Å²) in [6.07, 6.45) is 1.07. The average Bonchev–Trinajstić information content (AvgIpc) is 2.20. The number of hydrogen-bond donors (Lipinski definition) is 1. The van der Waals surface area contributed by atoms with Crippen LogP contribution in [0.3, 0.4) is 0 Å². The predicted octanol–water partition coefficient (Wildman–Crippen LogP) is 0.586. The van der Waals surface area contributed by atoms with Crippen molar-refractivity contribution in [3.63, 3.8) is 0 Å². The van der Waals surface area contributed by atoms with E-state index in [1.807, 2.05) is 13.8 Å². The summed E-state index contributed by atoms with van der Waals surface area (Å²) in [7, 11) is -1.69. The normalized spacial score (nSPS) is 30.8. The first-order valence-electron chi connectivity index (χ1n) is 5.72. The highest BCUT2D eigenvalue weighted by Gasteiger charge is 2.36. The second-order valence-corrected chi connectivity index (χ2v) is 6.30. The molecule has 16 heavy (non-hydrogen) atoms. The van der Waals surface area contributed by atoms with Crippen molar-refractivity contribution in [2.24, 2.45) is 5.92 Å². The van der Waals surface area contributed by atoms with E-state index in [4.69, 9.17) is 4.74 Å². The fourth-order valence-electron chi connectivity index (χ4n) is 1.87. The van der Waals surface area contributed by atoms with Gasteiger partial charge in [0.15, 0.2) is 0 Å². The molecule has 96 valence electrons. The zero-order chi connectivity index (χ0) is 12.3. The summed E-state index contributed by atoms with van der Waals surface area (Å²) in [6, 6.07) is -0.0568.